The molecular weight excluding hydrogens is 280 g/mol. The fraction of sp³-hybridized carbons (Fsp3) is 0.882. The van der Waals surface area contributed by atoms with E-state index in [-0.39, 0.29) is 5.91 Å². The van der Waals surface area contributed by atoms with Crippen molar-refractivity contribution in [3.8, 4) is 0 Å². The molecule has 0 radical (unpaired) electrons. The smallest absolute Gasteiger partial charge is 0.233 e. The largest absolute Gasteiger partial charge is 0.392 e. The van der Waals surface area contributed by atoms with Crippen LogP contribution >= 0.6 is 12.2 Å². The average molecular weight is 311 g/mol. The van der Waals surface area contributed by atoms with Crippen molar-refractivity contribution in [2.45, 2.75) is 77.0 Å². The molecule has 21 heavy (non-hydrogen) atoms. The Morgan fingerprint density at radius 2 is 1.62 bits per heavy atom. The van der Waals surface area contributed by atoms with E-state index < -0.39 is 5.41 Å². The highest BCUT2D eigenvalue weighted by molar-refractivity contribution is 7.80. The molecule has 0 aliphatic heterocycles. The highest BCUT2D eigenvalue weighted by Crippen LogP contribution is 2.36. The van der Waals surface area contributed by atoms with Gasteiger partial charge in [0.25, 0.3) is 0 Å². The number of amides is 1. The van der Waals surface area contributed by atoms with E-state index in [1.54, 1.807) is 0 Å². The predicted octanol–water partition coefficient (Wildman–Crippen LogP) is 3.70. The van der Waals surface area contributed by atoms with Crippen LogP contribution in [0.1, 0.15) is 77.0 Å². The summed E-state index contributed by atoms with van der Waals surface area (Å²) >= 11 is 5.26. The minimum absolute atomic E-state index is 0.0905. The molecule has 0 heterocycles. The molecule has 4 heteroatoms. The van der Waals surface area contributed by atoms with Crippen LogP contribution in [-0.4, -0.2) is 17.4 Å². The third-order valence-corrected chi connectivity index (χ3v) is 5.82. The number of hydrogen-bond donors (Lipinski definition) is 2. The quantitative estimate of drug-likeness (QED) is 0.601. The molecule has 0 spiro atoms. The second kappa shape index (κ2) is 8.11. The minimum Gasteiger partial charge on any atom is -0.392 e. The number of hydrogen-bond acceptors (Lipinski definition) is 2. The lowest BCUT2D eigenvalue weighted by Gasteiger charge is -2.30. The second-order valence-electron chi connectivity index (χ2n) is 6.91. The normalized spacial score (nSPS) is 23.2. The molecule has 0 saturated heterocycles. The molecular formula is C17H30N2OS. The number of thiocarbonyl (C=S) groups is 1. The van der Waals surface area contributed by atoms with Crippen LogP contribution in [0, 0.1) is 11.3 Å². The highest BCUT2D eigenvalue weighted by Gasteiger charge is 2.41. The third-order valence-electron chi connectivity index (χ3n) is 5.43. The maximum absolute atomic E-state index is 12.7. The van der Waals surface area contributed by atoms with Gasteiger partial charge in [-0.15, -0.1) is 0 Å². The molecule has 3 nitrogen and oxygen atoms in total. The van der Waals surface area contributed by atoms with E-state index in [0.29, 0.717) is 4.99 Å². The highest BCUT2D eigenvalue weighted by atomic mass is 32.1. The van der Waals surface area contributed by atoms with Crippen molar-refractivity contribution in [1.82, 2.24) is 5.32 Å². The number of carbonyl (C=O) groups is 1. The number of nitrogens with two attached hydrogens (primary N) is 1. The molecule has 120 valence electrons. The molecule has 0 aromatic heterocycles. The first-order chi connectivity index (χ1) is 10.1. The van der Waals surface area contributed by atoms with E-state index in [0.717, 1.165) is 44.6 Å². The van der Waals surface area contributed by atoms with Crippen molar-refractivity contribution in [1.29, 1.82) is 0 Å². The van der Waals surface area contributed by atoms with Crippen LogP contribution < -0.4 is 11.1 Å². The maximum Gasteiger partial charge on any atom is 0.233 e. The van der Waals surface area contributed by atoms with Gasteiger partial charge in [-0.1, -0.05) is 70.0 Å². The summed E-state index contributed by atoms with van der Waals surface area (Å²) in [6.45, 7) is 0.786. The Kier molecular flexibility index (Phi) is 6.46. The van der Waals surface area contributed by atoms with Crippen LogP contribution in [-0.2, 0) is 4.79 Å². The van der Waals surface area contributed by atoms with E-state index in [1.165, 1.54) is 44.9 Å². The molecule has 0 aromatic rings. The molecule has 0 unspecified atom stereocenters. The molecule has 1 amide bonds. The van der Waals surface area contributed by atoms with Gasteiger partial charge in [0.2, 0.25) is 5.91 Å². The fourth-order valence-corrected chi connectivity index (χ4v) is 4.25. The van der Waals surface area contributed by atoms with Gasteiger partial charge in [0.15, 0.2) is 0 Å². The molecule has 3 N–H and O–H groups in total. The molecule has 2 fully saturated rings. The van der Waals surface area contributed by atoms with Crippen molar-refractivity contribution in [3.05, 3.63) is 0 Å². The molecule has 0 bridgehead atoms. The van der Waals surface area contributed by atoms with E-state index in [2.05, 4.69) is 5.32 Å². The van der Waals surface area contributed by atoms with E-state index in [1.807, 2.05) is 0 Å². The van der Waals surface area contributed by atoms with Gasteiger partial charge in [-0.2, -0.15) is 0 Å². The zero-order valence-corrected chi connectivity index (χ0v) is 14.0. The fourth-order valence-electron chi connectivity index (χ4n) is 3.95. The van der Waals surface area contributed by atoms with Crippen molar-refractivity contribution in [3.63, 3.8) is 0 Å². The zero-order valence-electron chi connectivity index (χ0n) is 13.2. The Bertz CT molecular complexity index is 356. The van der Waals surface area contributed by atoms with E-state index in [9.17, 15) is 4.79 Å². The van der Waals surface area contributed by atoms with E-state index in [4.69, 9.17) is 18.0 Å². The van der Waals surface area contributed by atoms with Crippen LogP contribution in [0.15, 0.2) is 0 Å². The first kappa shape index (κ1) is 16.7. The number of carbonyl (C=O) groups excluding carboxylic acids is 1. The second-order valence-corrected chi connectivity index (χ2v) is 7.35. The van der Waals surface area contributed by atoms with Gasteiger partial charge in [0.1, 0.15) is 0 Å². The van der Waals surface area contributed by atoms with E-state index >= 15 is 0 Å². The third kappa shape index (κ3) is 4.41. The van der Waals surface area contributed by atoms with Gasteiger partial charge < -0.3 is 11.1 Å². The van der Waals surface area contributed by atoms with Crippen molar-refractivity contribution >= 4 is 23.1 Å². The Labute approximate surface area is 134 Å². The van der Waals surface area contributed by atoms with Crippen LogP contribution in [0.3, 0.4) is 0 Å². The van der Waals surface area contributed by atoms with Crippen LogP contribution in [0.25, 0.3) is 0 Å². The average Bonchev–Trinajstić information content (AvgIpc) is 2.75. The summed E-state index contributed by atoms with van der Waals surface area (Å²) in [7, 11) is 0. The summed E-state index contributed by atoms with van der Waals surface area (Å²) < 4.78 is 0. The molecule has 2 aliphatic carbocycles. The maximum atomic E-state index is 12.7. The Morgan fingerprint density at radius 3 is 2.19 bits per heavy atom. The molecule has 2 rings (SSSR count). The SMILES string of the molecule is NC(=S)C1(C(=O)NCCC2CCCCC2)CCCCCC1. The first-order valence-electron chi connectivity index (χ1n) is 8.73. The predicted molar refractivity (Wildman–Crippen MR) is 91.1 cm³/mol. The monoisotopic (exact) mass is 310 g/mol. The lowest BCUT2D eigenvalue weighted by atomic mass is 9.79. The summed E-state index contributed by atoms with van der Waals surface area (Å²) in [5.74, 6) is 0.890. The number of rotatable bonds is 5. The molecule has 2 aliphatic rings. The van der Waals surface area contributed by atoms with Gasteiger partial charge >= 0.3 is 0 Å². The summed E-state index contributed by atoms with van der Waals surface area (Å²) in [5.41, 5.74) is 5.39. The summed E-state index contributed by atoms with van der Waals surface area (Å²) in [6, 6.07) is 0. The van der Waals surface area contributed by atoms with Gasteiger partial charge in [-0.3, -0.25) is 4.79 Å². The lowest BCUT2D eigenvalue weighted by Crippen LogP contribution is -2.49. The standard InChI is InChI=1S/C17H30N2OS/c18-15(21)17(11-6-1-2-7-12-17)16(20)19-13-10-14-8-4-3-5-9-14/h14H,1-13H2,(H2,18,21)(H,19,20). The van der Waals surface area contributed by atoms with Gasteiger partial charge in [-0.25, -0.2) is 0 Å². The van der Waals surface area contributed by atoms with Crippen molar-refractivity contribution in [2.75, 3.05) is 6.54 Å². The minimum atomic E-state index is -0.571. The van der Waals surface area contributed by atoms with Gasteiger partial charge in [0, 0.05) is 6.54 Å². The molecule has 0 aromatic carbocycles. The van der Waals surface area contributed by atoms with Crippen LogP contribution in [0.4, 0.5) is 0 Å². The lowest BCUT2D eigenvalue weighted by molar-refractivity contribution is -0.128. The zero-order chi connectivity index (χ0) is 15.1. The van der Waals surface area contributed by atoms with Crippen LogP contribution in [0.2, 0.25) is 0 Å². The topological polar surface area (TPSA) is 55.1 Å². The van der Waals surface area contributed by atoms with Gasteiger partial charge in [0.05, 0.1) is 10.4 Å². The summed E-state index contributed by atoms with van der Waals surface area (Å²) in [4.78, 5) is 13.1. The van der Waals surface area contributed by atoms with Crippen molar-refractivity contribution < 1.29 is 4.79 Å². The Morgan fingerprint density at radius 1 is 1.05 bits per heavy atom. The molecule has 2 saturated carbocycles. The van der Waals surface area contributed by atoms with Gasteiger partial charge in [-0.05, 0) is 25.2 Å². The van der Waals surface area contributed by atoms with Crippen molar-refractivity contribution in [2.24, 2.45) is 17.1 Å². The molecule has 0 atom stereocenters. The summed E-state index contributed by atoms with van der Waals surface area (Å²) in [6.07, 6.45) is 14.0. The first-order valence-corrected chi connectivity index (χ1v) is 9.14. The van der Waals surface area contributed by atoms with Crippen LogP contribution in [0.5, 0.6) is 0 Å². The Hall–Kier alpha value is -0.640. The summed E-state index contributed by atoms with van der Waals surface area (Å²) in [5, 5.41) is 3.14. The Balaban J connectivity index is 1.84. The number of nitrogens with one attached hydrogen (secondary N) is 1.